The first-order valence-corrected chi connectivity index (χ1v) is 11.3. The Morgan fingerprint density at radius 3 is 1.26 bits per heavy atom. The molecule has 15 nitrogen and oxygen atoms in total. The number of benzene rings is 1. The molecule has 0 saturated heterocycles. The molecule has 1 atom stereocenters. The van der Waals surface area contributed by atoms with Gasteiger partial charge in [-0.3, -0.25) is 9.59 Å². The number of aliphatic carboxylic acids is 4. The standard InChI is InChI=1S/C7H6O2.C6H13NO3.C6H8O7.C5H14NO.3CH4/c8-7(9)6-4-2-1-3-5-6;1-7(2,3)4-5(8)6(9)10;7-3(8)1-6(13,5(11)12)2-4(9)10;1-6(2,3)4-5-7;;;/h1-5H,(H,8,9);5,8H,4H2,1-3H3;13H,1-2H2,(H,7,8)(H,9,10)(H,11,12);7H,4-5H2,1-3H3;3*1H4/q;;;+1;;;/p+1. The number of carboxylic acid groups (broad SMARTS) is 5. The van der Waals surface area contributed by atoms with Crippen LogP contribution in [0.4, 0.5) is 0 Å². The molecule has 42 heavy (non-hydrogen) atoms. The highest BCUT2D eigenvalue weighted by Gasteiger charge is 2.40. The number of hydrogen-bond acceptors (Lipinski definition) is 8. The molecule has 0 aliphatic rings. The predicted molar refractivity (Wildman–Crippen MR) is 157 cm³/mol. The second-order valence-corrected chi connectivity index (χ2v) is 10.2. The second-order valence-electron chi connectivity index (χ2n) is 10.2. The molecule has 248 valence electrons. The molecule has 0 saturated carbocycles. The van der Waals surface area contributed by atoms with Crippen molar-refractivity contribution in [1.82, 2.24) is 0 Å². The number of aliphatic hydroxyl groups is 3. The Bertz CT molecular complexity index is 893. The van der Waals surface area contributed by atoms with E-state index < -0.39 is 54.4 Å². The molecule has 1 rings (SSSR count). The average Bonchev–Trinajstić information content (AvgIpc) is 2.72. The van der Waals surface area contributed by atoms with Crippen molar-refractivity contribution in [3.63, 3.8) is 0 Å². The van der Waals surface area contributed by atoms with Gasteiger partial charge in [-0.2, -0.15) is 0 Å². The summed E-state index contributed by atoms with van der Waals surface area (Å²) >= 11 is 0. The van der Waals surface area contributed by atoms with Crippen LogP contribution in [0.25, 0.3) is 0 Å². The molecule has 1 unspecified atom stereocenters. The lowest BCUT2D eigenvalue weighted by molar-refractivity contribution is -0.872. The SMILES string of the molecule is C.C.C.C[N+](C)(C)CC(O)C(=O)O.C[N+](C)(C)CCO.O=C(O)CC(O)(CC(=O)O)C(=O)O.O=C(O)c1ccccc1. The highest BCUT2D eigenvalue weighted by Crippen LogP contribution is 2.15. The van der Waals surface area contributed by atoms with E-state index in [-0.39, 0.29) is 35.4 Å². The Labute approximate surface area is 248 Å². The van der Waals surface area contributed by atoms with Crippen molar-refractivity contribution in [2.45, 2.75) is 46.8 Å². The van der Waals surface area contributed by atoms with Crippen LogP contribution in [0.1, 0.15) is 45.5 Å². The maximum Gasteiger partial charge on any atom is 0.338 e. The maximum atomic E-state index is 10.3. The molecule has 15 heteroatoms. The van der Waals surface area contributed by atoms with E-state index in [0.717, 1.165) is 11.0 Å². The van der Waals surface area contributed by atoms with E-state index in [4.69, 9.17) is 40.9 Å². The summed E-state index contributed by atoms with van der Waals surface area (Å²) in [7, 11) is 11.6. The number of nitrogens with zero attached hydrogens (tertiary/aromatic N) is 2. The van der Waals surface area contributed by atoms with Gasteiger partial charge in [0.15, 0.2) is 5.60 Å². The van der Waals surface area contributed by atoms with Gasteiger partial charge in [0.05, 0.1) is 67.3 Å². The molecule has 0 aliphatic heterocycles. The van der Waals surface area contributed by atoms with Crippen molar-refractivity contribution < 1.29 is 73.8 Å². The lowest BCUT2D eigenvalue weighted by Crippen LogP contribution is -2.44. The second kappa shape index (κ2) is 24.0. The zero-order valence-electron chi connectivity index (χ0n) is 23.0. The van der Waals surface area contributed by atoms with Crippen LogP contribution >= 0.6 is 0 Å². The fourth-order valence-electron chi connectivity index (χ4n) is 2.19. The van der Waals surface area contributed by atoms with E-state index in [9.17, 15) is 24.0 Å². The third kappa shape index (κ3) is 32.6. The van der Waals surface area contributed by atoms with Crippen LogP contribution in [0.5, 0.6) is 0 Å². The predicted octanol–water partition coefficient (Wildman–Crippen LogP) is 0.868. The van der Waals surface area contributed by atoms with Crippen LogP contribution in [0.2, 0.25) is 0 Å². The van der Waals surface area contributed by atoms with E-state index in [0.29, 0.717) is 10.0 Å². The van der Waals surface area contributed by atoms with Crippen LogP contribution in [0, 0.1) is 0 Å². The summed E-state index contributed by atoms with van der Waals surface area (Å²) in [5.41, 5.74) is -2.41. The molecule has 0 aromatic heterocycles. The van der Waals surface area contributed by atoms with Crippen LogP contribution in [-0.2, 0) is 19.2 Å². The monoisotopic (exact) mass is 614 g/mol. The maximum absolute atomic E-state index is 10.3. The zero-order chi connectivity index (χ0) is 31.6. The van der Waals surface area contributed by atoms with Crippen LogP contribution in [0.3, 0.4) is 0 Å². The number of likely N-dealkylation sites (N-methyl/N-ethyl adjacent to an activating group) is 2. The van der Waals surface area contributed by atoms with Crippen molar-refractivity contribution in [1.29, 1.82) is 0 Å². The van der Waals surface area contributed by atoms with E-state index >= 15 is 0 Å². The van der Waals surface area contributed by atoms with Crippen molar-refractivity contribution in [2.75, 3.05) is 62.0 Å². The summed E-state index contributed by atoms with van der Waals surface area (Å²) in [6.07, 6.45) is -3.54. The van der Waals surface area contributed by atoms with Gasteiger partial charge < -0.3 is 49.8 Å². The van der Waals surface area contributed by atoms with Crippen molar-refractivity contribution >= 4 is 29.8 Å². The van der Waals surface area contributed by atoms with Crippen molar-refractivity contribution in [3.05, 3.63) is 35.9 Å². The molecule has 8 N–H and O–H groups in total. The van der Waals surface area contributed by atoms with Gasteiger partial charge in [-0.25, -0.2) is 14.4 Å². The van der Waals surface area contributed by atoms with Gasteiger partial charge in [0.25, 0.3) is 0 Å². The number of carboxylic acids is 5. The van der Waals surface area contributed by atoms with E-state index in [1.165, 1.54) is 0 Å². The number of aliphatic hydroxyl groups excluding tert-OH is 2. The molecule has 0 amide bonds. The van der Waals surface area contributed by atoms with Gasteiger partial charge in [-0.05, 0) is 12.1 Å². The van der Waals surface area contributed by atoms with Gasteiger partial charge in [0.2, 0.25) is 6.10 Å². The Kier molecular flexibility index (Phi) is 29.2. The van der Waals surface area contributed by atoms with Crippen LogP contribution in [0.15, 0.2) is 30.3 Å². The molecule has 0 heterocycles. The summed E-state index contributed by atoms with van der Waals surface area (Å²) in [4.78, 5) is 50.8. The van der Waals surface area contributed by atoms with Gasteiger partial charge in [-0.1, -0.05) is 40.5 Å². The van der Waals surface area contributed by atoms with Crippen molar-refractivity contribution in [3.8, 4) is 0 Å². The summed E-state index contributed by atoms with van der Waals surface area (Å²) in [6, 6.07) is 8.30. The normalized spacial score (nSPS) is 10.8. The quantitative estimate of drug-likeness (QED) is 0.161. The topological polar surface area (TPSA) is 247 Å². The Balaban J connectivity index is -0.000000103. The number of carbonyl (C=O) groups is 5. The molecular weight excluding hydrogens is 560 g/mol. The molecule has 0 spiro atoms. The minimum atomic E-state index is -2.74. The number of rotatable bonds is 11. The molecule has 0 fully saturated rings. The van der Waals surface area contributed by atoms with Gasteiger partial charge in [0.1, 0.15) is 13.1 Å². The van der Waals surface area contributed by atoms with E-state index in [2.05, 4.69) is 21.1 Å². The lowest BCUT2D eigenvalue weighted by Gasteiger charge is -2.24. The Morgan fingerprint density at radius 2 is 1.12 bits per heavy atom. The van der Waals surface area contributed by atoms with Gasteiger partial charge in [-0.15, -0.1) is 0 Å². The smallest absolute Gasteiger partial charge is 0.338 e. The first-order chi connectivity index (χ1) is 17.5. The molecular formula is C27H54N2O13+2. The molecule has 0 radical (unpaired) electrons. The summed E-state index contributed by atoms with van der Waals surface area (Å²) in [5, 5.41) is 67.7. The van der Waals surface area contributed by atoms with E-state index in [1.54, 1.807) is 30.3 Å². The average molecular weight is 615 g/mol. The largest absolute Gasteiger partial charge is 0.481 e. The molecule has 1 aromatic rings. The lowest BCUT2D eigenvalue weighted by atomic mass is 9.96. The highest BCUT2D eigenvalue weighted by molar-refractivity contribution is 5.88. The summed E-state index contributed by atoms with van der Waals surface area (Å²) in [5.74, 6) is -7.06. The molecule has 1 aromatic carbocycles. The molecule has 0 bridgehead atoms. The number of hydrogen-bond donors (Lipinski definition) is 8. The van der Waals surface area contributed by atoms with Crippen LogP contribution < -0.4 is 0 Å². The van der Waals surface area contributed by atoms with Crippen LogP contribution in [-0.4, -0.2) is 153 Å². The highest BCUT2D eigenvalue weighted by atomic mass is 16.4. The minimum absolute atomic E-state index is 0. The summed E-state index contributed by atoms with van der Waals surface area (Å²) in [6.45, 7) is 1.35. The fraction of sp³-hybridized carbons (Fsp3) is 0.593. The summed E-state index contributed by atoms with van der Waals surface area (Å²) < 4.78 is 1.30. The number of aromatic carboxylic acids is 1. The first kappa shape index (κ1) is 51.1. The fourth-order valence-corrected chi connectivity index (χ4v) is 2.19. The van der Waals surface area contributed by atoms with Gasteiger partial charge in [0, 0.05) is 0 Å². The molecule has 0 aliphatic carbocycles. The zero-order valence-corrected chi connectivity index (χ0v) is 23.0. The Morgan fingerprint density at radius 1 is 0.738 bits per heavy atom. The first-order valence-electron chi connectivity index (χ1n) is 11.3. The number of quaternary nitrogens is 2. The third-order valence-electron chi connectivity index (χ3n) is 4.08. The minimum Gasteiger partial charge on any atom is -0.481 e. The van der Waals surface area contributed by atoms with Crippen molar-refractivity contribution in [2.24, 2.45) is 0 Å². The van der Waals surface area contributed by atoms with Gasteiger partial charge >= 0.3 is 29.8 Å². The Hall–Kier alpha value is -3.63. The van der Waals surface area contributed by atoms with E-state index in [1.807, 2.05) is 21.1 Å². The third-order valence-corrected chi connectivity index (χ3v) is 4.08.